The predicted octanol–water partition coefficient (Wildman–Crippen LogP) is 2.35. The van der Waals surface area contributed by atoms with Crippen LogP contribution in [0.25, 0.3) is 0 Å². The highest BCUT2D eigenvalue weighted by Gasteiger charge is 2.20. The molecule has 0 saturated heterocycles. The highest BCUT2D eigenvalue weighted by Crippen LogP contribution is 2.24. The lowest BCUT2D eigenvalue weighted by atomic mass is 10.1. The van der Waals surface area contributed by atoms with E-state index in [2.05, 4.69) is 4.72 Å². The average molecular weight is 421 g/mol. The van der Waals surface area contributed by atoms with Crippen LogP contribution >= 0.6 is 0 Å². The monoisotopic (exact) mass is 421 g/mol. The van der Waals surface area contributed by atoms with E-state index in [0.717, 1.165) is 0 Å². The SMILES string of the molecule is CCNS(=O)(=O)c1ccc(C)c(C(=O)OCC(=O)c2cc(OC)ccc2OC)c1. The van der Waals surface area contributed by atoms with Crippen molar-refractivity contribution in [3.05, 3.63) is 53.1 Å². The Morgan fingerprint density at radius 2 is 1.72 bits per heavy atom. The van der Waals surface area contributed by atoms with Crippen molar-refractivity contribution in [3.63, 3.8) is 0 Å². The Balaban J connectivity index is 2.20. The predicted molar refractivity (Wildman–Crippen MR) is 106 cm³/mol. The van der Waals surface area contributed by atoms with Gasteiger partial charge in [0.15, 0.2) is 6.61 Å². The van der Waals surface area contributed by atoms with Gasteiger partial charge in [0.05, 0.1) is 30.2 Å². The van der Waals surface area contributed by atoms with Crippen LogP contribution in [-0.4, -0.2) is 47.5 Å². The second kappa shape index (κ2) is 9.53. The van der Waals surface area contributed by atoms with Gasteiger partial charge in [-0.05, 0) is 42.8 Å². The van der Waals surface area contributed by atoms with E-state index in [1.807, 2.05) is 0 Å². The molecule has 0 unspecified atom stereocenters. The van der Waals surface area contributed by atoms with Crippen LogP contribution in [-0.2, 0) is 14.8 Å². The summed E-state index contributed by atoms with van der Waals surface area (Å²) < 4.78 is 42.1. The molecule has 0 radical (unpaired) electrons. The molecule has 0 heterocycles. The first-order chi connectivity index (χ1) is 13.7. The standard InChI is InChI=1S/C20H23NO7S/c1-5-21-29(24,25)15-8-6-13(2)16(11-15)20(23)28-12-18(22)17-10-14(26-3)7-9-19(17)27-4/h6-11,21H,5,12H2,1-4H3. The maximum Gasteiger partial charge on any atom is 0.338 e. The van der Waals surface area contributed by atoms with Gasteiger partial charge in [-0.2, -0.15) is 0 Å². The van der Waals surface area contributed by atoms with Crippen LogP contribution < -0.4 is 14.2 Å². The summed E-state index contributed by atoms with van der Waals surface area (Å²) in [5.74, 6) is -0.506. The molecular formula is C20H23NO7S. The maximum atomic E-state index is 12.5. The molecule has 0 atom stereocenters. The largest absolute Gasteiger partial charge is 0.497 e. The molecule has 1 N–H and O–H groups in total. The molecule has 29 heavy (non-hydrogen) atoms. The number of carbonyl (C=O) groups is 2. The Morgan fingerprint density at radius 1 is 1.00 bits per heavy atom. The fraction of sp³-hybridized carbons (Fsp3) is 0.300. The summed E-state index contributed by atoms with van der Waals surface area (Å²) in [6, 6.07) is 8.84. The number of nitrogens with one attached hydrogen (secondary N) is 1. The van der Waals surface area contributed by atoms with Gasteiger partial charge >= 0.3 is 5.97 Å². The minimum Gasteiger partial charge on any atom is -0.497 e. The van der Waals surface area contributed by atoms with E-state index in [-0.39, 0.29) is 22.6 Å². The molecule has 0 fully saturated rings. The zero-order valence-electron chi connectivity index (χ0n) is 16.6. The van der Waals surface area contributed by atoms with Crippen molar-refractivity contribution in [2.75, 3.05) is 27.4 Å². The Hall–Kier alpha value is -2.91. The van der Waals surface area contributed by atoms with E-state index in [1.54, 1.807) is 26.0 Å². The van der Waals surface area contributed by atoms with Crippen molar-refractivity contribution in [3.8, 4) is 11.5 Å². The van der Waals surface area contributed by atoms with Gasteiger partial charge in [-0.1, -0.05) is 13.0 Å². The Labute approximate surface area is 169 Å². The topological polar surface area (TPSA) is 108 Å². The van der Waals surface area contributed by atoms with E-state index in [4.69, 9.17) is 14.2 Å². The molecule has 0 bridgehead atoms. The molecule has 0 aromatic heterocycles. The van der Waals surface area contributed by atoms with E-state index in [0.29, 0.717) is 17.1 Å². The van der Waals surface area contributed by atoms with Gasteiger partial charge in [-0.3, -0.25) is 4.79 Å². The van der Waals surface area contributed by atoms with Gasteiger partial charge in [-0.15, -0.1) is 0 Å². The Morgan fingerprint density at radius 3 is 2.34 bits per heavy atom. The fourth-order valence-corrected chi connectivity index (χ4v) is 3.65. The molecule has 0 aliphatic rings. The van der Waals surface area contributed by atoms with Gasteiger partial charge in [0.1, 0.15) is 11.5 Å². The van der Waals surface area contributed by atoms with Gasteiger partial charge < -0.3 is 14.2 Å². The van der Waals surface area contributed by atoms with E-state index in [9.17, 15) is 18.0 Å². The van der Waals surface area contributed by atoms with E-state index >= 15 is 0 Å². The molecule has 0 aliphatic heterocycles. The molecule has 8 nitrogen and oxygen atoms in total. The number of hydrogen-bond acceptors (Lipinski definition) is 7. The zero-order chi connectivity index (χ0) is 21.6. The van der Waals surface area contributed by atoms with Crippen LogP contribution in [0.5, 0.6) is 11.5 Å². The molecule has 2 aromatic rings. The number of carbonyl (C=O) groups excluding carboxylic acids is 2. The van der Waals surface area contributed by atoms with Crippen LogP contribution in [0.3, 0.4) is 0 Å². The summed E-state index contributed by atoms with van der Waals surface area (Å²) in [5.41, 5.74) is 0.797. The highest BCUT2D eigenvalue weighted by molar-refractivity contribution is 7.89. The third-order valence-corrected chi connectivity index (χ3v) is 5.66. The number of hydrogen-bond donors (Lipinski definition) is 1. The molecule has 156 valence electrons. The normalized spacial score (nSPS) is 11.0. The van der Waals surface area contributed by atoms with Crippen LogP contribution in [0.2, 0.25) is 0 Å². The summed E-state index contributed by atoms with van der Waals surface area (Å²) in [6.45, 7) is 2.98. The van der Waals surface area contributed by atoms with Crippen molar-refractivity contribution < 1.29 is 32.2 Å². The summed E-state index contributed by atoms with van der Waals surface area (Å²) in [7, 11) is -0.843. The number of esters is 1. The van der Waals surface area contributed by atoms with E-state index < -0.39 is 28.4 Å². The molecule has 0 spiro atoms. The van der Waals surface area contributed by atoms with Crippen molar-refractivity contribution in [2.24, 2.45) is 0 Å². The number of rotatable bonds is 9. The van der Waals surface area contributed by atoms with Gasteiger partial charge in [0, 0.05) is 6.54 Å². The van der Waals surface area contributed by atoms with Crippen LogP contribution in [0.1, 0.15) is 33.2 Å². The van der Waals surface area contributed by atoms with Crippen molar-refractivity contribution >= 4 is 21.8 Å². The Bertz CT molecular complexity index is 1020. The molecule has 9 heteroatoms. The number of aryl methyl sites for hydroxylation is 1. The van der Waals surface area contributed by atoms with Gasteiger partial charge in [0.25, 0.3) is 0 Å². The number of ether oxygens (including phenoxy) is 3. The molecule has 0 saturated carbocycles. The first kappa shape index (κ1) is 22.4. The number of Topliss-reactive ketones (excluding diaryl/α,β-unsaturated/α-hetero) is 1. The molecule has 0 amide bonds. The van der Waals surface area contributed by atoms with E-state index in [1.165, 1.54) is 38.5 Å². The minimum absolute atomic E-state index is 0.0577. The van der Waals surface area contributed by atoms with Crippen LogP contribution in [0.15, 0.2) is 41.3 Å². The quantitative estimate of drug-likeness (QED) is 0.489. The smallest absolute Gasteiger partial charge is 0.338 e. The van der Waals surface area contributed by atoms with Crippen molar-refractivity contribution in [1.29, 1.82) is 0 Å². The highest BCUT2D eigenvalue weighted by atomic mass is 32.2. The van der Waals surface area contributed by atoms with Crippen molar-refractivity contribution in [2.45, 2.75) is 18.7 Å². The maximum absolute atomic E-state index is 12.5. The fourth-order valence-electron chi connectivity index (χ4n) is 2.58. The number of benzene rings is 2. The lowest BCUT2D eigenvalue weighted by Crippen LogP contribution is -2.23. The first-order valence-corrected chi connectivity index (χ1v) is 10.2. The molecule has 0 aliphatic carbocycles. The summed E-state index contributed by atoms with van der Waals surface area (Å²) in [4.78, 5) is 24.9. The lowest BCUT2D eigenvalue weighted by Gasteiger charge is -2.11. The molecule has 2 rings (SSSR count). The first-order valence-electron chi connectivity index (χ1n) is 8.76. The lowest BCUT2D eigenvalue weighted by molar-refractivity contribution is 0.0473. The number of sulfonamides is 1. The summed E-state index contributed by atoms with van der Waals surface area (Å²) in [5, 5.41) is 0. The van der Waals surface area contributed by atoms with Crippen LogP contribution in [0, 0.1) is 6.92 Å². The van der Waals surface area contributed by atoms with Gasteiger partial charge in [0.2, 0.25) is 15.8 Å². The van der Waals surface area contributed by atoms with Gasteiger partial charge in [-0.25, -0.2) is 17.9 Å². The molecular weight excluding hydrogens is 398 g/mol. The second-order valence-electron chi connectivity index (χ2n) is 6.04. The summed E-state index contributed by atoms with van der Waals surface area (Å²) >= 11 is 0. The van der Waals surface area contributed by atoms with Crippen LogP contribution in [0.4, 0.5) is 0 Å². The van der Waals surface area contributed by atoms with Crippen molar-refractivity contribution in [1.82, 2.24) is 4.72 Å². The average Bonchev–Trinajstić information content (AvgIpc) is 2.71. The number of ketones is 1. The third-order valence-electron chi connectivity index (χ3n) is 4.12. The Kier molecular flexibility index (Phi) is 7.35. The second-order valence-corrected chi connectivity index (χ2v) is 7.81. The minimum atomic E-state index is -3.73. The number of methoxy groups -OCH3 is 2. The molecule has 2 aromatic carbocycles. The summed E-state index contributed by atoms with van der Waals surface area (Å²) in [6.07, 6.45) is 0. The zero-order valence-corrected chi connectivity index (χ0v) is 17.5. The third kappa shape index (κ3) is 5.33.